The molecule has 1 heteroatoms. The summed E-state index contributed by atoms with van der Waals surface area (Å²) in [5.74, 6) is 0. The zero-order chi connectivity index (χ0) is 12.8. The van der Waals surface area contributed by atoms with E-state index < -0.39 is 0 Å². The zero-order valence-corrected chi connectivity index (χ0v) is 12.9. The normalized spacial score (nSPS) is 18.8. The summed E-state index contributed by atoms with van der Waals surface area (Å²) in [6.45, 7) is 4.52. The maximum absolute atomic E-state index is 2.41. The van der Waals surface area contributed by atoms with Crippen LogP contribution in [-0.2, 0) is 0 Å². The van der Waals surface area contributed by atoms with Crippen LogP contribution < -0.4 is 5.30 Å². The molecule has 1 aliphatic rings. The van der Waals surface area contributed by atoms with Gasteiger partial charge in [-0.2, -0.15) is 0 Å². The van der Waals surface area contributed by atoms with E-state index in [1.807, 2.05) is 0 Å². The summed E-state index contributed by atoms with van der Waals surface area (Å²) in [7, 11) is 0.108. The van der Waals surface area contributed by atoms with Crippen LogP contribution in [0.25, 0.3) is 0 Å². The first-order valence-electron chi connectivity index (χ1n) is 7.64. The molecule has 0 saturated heterocycles. The lowest BCUT2D eigenvalue weighted by Gasteiger charge is -2.31. The van der Waals surface area contributed by atoms with Crippen molar-refractivity contribution in [3.63, 3.8) is 0 Å². The molecular formula is C17H27P. The van der Waals surface area contributed by atoms with E-state index in [1.54, 1.807) is 5.30 Å². The zero-order valence-electron chi connectivity index (χ0n) is 12.0. The van der Waals surface area contributed by atoms with Gasteiger partial charge in [-0.1, -0.05) is 70.4 Å². The number of aryl methyl sites for hydroxylation is 1. The van der Waals surface area contributed by atoms with Gasteiger partial charge in [-0.05, 0) is 43.3 Å². The van der Waals surface area contributed by atoms with E-state index in [9.17, 15) is 0 Å². The van der Waals surface area contributed by atoms with Crippen LogP contribution in [0.4, 0.5) is 0 Å². The second kappa shape index (κ2) is 7.29. The Morgan fingerprint density at radius 1 is 1.06 bits per heavy atom. The summed E-state index contributed by atoms with van der Waals surface area (Å²) in [4.78, 5) is 0. The van der Waals surface area contributed by atoms with Crippen LogP contribution in [0.5, 0.6) is 0 Å². The third-order valence-corrected chi connectivity index (χ3v) is 7.29. The Hall–Kier alpha value is -0.350. The summed E-state index contributed by atoms with van der Waals surface area (Å²) in [6.07, 6.45) is 11.6. The molecule has 0 spiro atoms. The molecule has 0 heterocycles. The monoisotopic (exact) mass is 262 g/mol. The second-order valence-electron chi connectivity index (χ2n) is 5.67. The van der Waals surface area contributed by atoms with Crippen molar-refractivity contribution in [1.82, 2.24) is 0 Å². The van der Waals surface area contributed by atoms with Gasteiger partial charge in [0.15, 0.2) is 0 Å². The molecule has 1 saturated carbocycles. The van der Waals surface area contributed by atoms with Crippen molar-refractivity contribution in [2.45, 2.75) is 64.5 Å². The van der Waals surface area contributed by atoms with Crippen LogP contribution in [0.2, 0.25) is 0 Å². The highest BCUT2D eigenvalue weighted by molar-refractivity contribution is 7.66. The predicted octanol–water partition coefficient (Wildman–Crippen LogP) is 5.24. The maximum Gasteiger partial charge on any atom is -0.0169 e. The third kappa shape index (κ3) is 3.82. The largest absolute Gasteiger partial charge is 0.0721 e. The SMILES string of the molecule is CCCCP(c1ccc(C)cc1)C1CCCCC1. The molecule has 0 radical (unpaired) electrons. The van der Waals surface area contributed by atoms with Crippen molar-refractivity contribution >= 4 is 13.2 Å². The molecular weight excluding hydrogens is 235 g/mol. The van der Waals surface area contributed by atoms with Gasteiger partial charge in [-0.3, -0.25) is 0 Å². The lowest BCUT2D eigenvalue weighted by Crippen LogP contribution is -2.19. The van der Waals surface area contributed by atoms with Crippen molar-refractivity contribution in [3.8, 4) is 0 Å². The molecule has 0 N–H and O–H groups in total. The number of rotatable bonds is 5. The van der Waals surface area contributed by atoms with Gasteiger partial charge in [0.05, 0.1) is 0 Å². The van der Waals surface area contributed by atoms with Crippen molar-refractivity contribution in [2.75, 3.05) is 6.16 Å². The van der Waals surface area contributed by atoms with Crippen LogP contribution in [0.3, 0.4) is 0 Å². The summed E-state index contributed by atoms with van der Waals surface area (Å²) in [5.41, 5.74) is 2.41. The molecule has 1 atom stereocenters. The highest BCUT2D eigenvalue weighted by atomic mass is 31.1. The van der Waals surface area contributed by atoms with Gasteiger partial charge in [0.1, 0.15) is 0 Å². The van der Waals surface area contributed by atoms with Crippen LogP contribution >= 0.6 is 7.92 Å². The molecule has 1 fully saturated rings. The lowest BCUT2D eigenvalue weighted by atomic mass is 10.0. The highest BCUT2D eigenvalue weighted by Gasteiger charge is 2.23. The van der Waals surface area contributed by atoms with Crippen LogP contribution in [0, 0.1) is 6.92 Å². The Balaban J connectivity index is 2.10. The third-order valence-electron chi connectivity index (χ3n) is 4.13. The van der Waals surface area contributed by atoms with Gasteiger partial charge in [-0.15, -0.1) is 0 Å². The predicted molar refractivity (Wildman–Crippen MR) is 84.4 cm³/mol. The minimum atomic E-state index is 0.108. The van der Waals surface area contributed by atoms with Crippen molar-refractivity contribution in [3.05, 3.63) is 29.8 Å². The standard InChI is InChI=1S/C17H27P/c1-3-4-14-18(16-8-6-5-7-9-16)17-12-10-15(2)11-13-17/h10-13,16H,3-9,14H2,1-2H3. The van der Waals surface area contributed by atoms with E-state index in [1.165, 1.54) is 56.7 Å². The van der Waals surface area contributed by atoms with E-state index in [0.29, 0.717) is 0 Å². The number of hydrogen-bond acceptors (Lipinski definition) is 0. The summed E-state index contributed by atoms with van der Waals surface area (Å²) < 4.78 is 0. The Morgan fingerprint density at radius 2 is 1.72 bits per heavy atom. The van der Waals surface area contributed by atoms with E-state index in [0.717, 1.165) is 5.66 Å². The molecule has 1 aromatic rings. The van der Waals surface area contributed by atoms with Crippen molar-refractivity contribution in [2.24, 2.45) is 0 Å². The fourth-order valence-corrected chi connectivity index (χ4v) is 6.20. The van der Waals surface area contributed by atoms with Crippen LogP contribution in [-0.4, -0.2) is 11.8 Å². The van der Waals surface area contributed by atoms with Crippen LogP contribution in [0.15, 0.2) is 24.3 Å². The lowest BCUT2D eigenvalue weighted by molar-refractivity contribution is 0.511. The second-order valence-corrected chi connectivity index (χ2v) is 8.31. The van der Waals surface area contributed by atoms with Gasteiger partial charge in [0.25, 0.3) is 0 Å². The van der Waals surface area contributed by atoms with Crippen molar-refractivity contribution < 1.29 is 0 Å². The molecule has 0 aromatic heterocycles. The first-order valence-corrected chi connectivity index (χ1v) is 9.24. The smallest absolute Gasteiger partial charge is 0.0169 e. The number of benzene rings is 1. The number of hydrogen-bond donors (Lipinski definition) is 0. The quantitative estimate of drug-likeness (QED) is 0.637. The molecule has 1 aliphatic carbocycles. The Bertz CT molecular complexity index is 335. The van der Waals surface area contributed by atoms with E-state index in [4.69, 9.17) is 0 Å². The molecule has 100 valence electrons. The van der Waals surface area contributed by atoms with E-state index in [2.05, 4.69) is 38.1 Å². The molecule has 18 heavy (non-hydrogen) atoms. The maximum atomic E-state index is 2.41. The molecule has 1 aromatic carbocycles. The van der Waals surface area contributed by atoms with Gasteiger partial charge < -0.3 is 0 Å². The topological polar surface area (TPSA) is 0 Å². The average Bonchev–Trinajstić information content (AvgIpc) is 2.42. The average molecular weight is 262 g/mol. The fraction of sp³-hybridized carbons (Fsp3) is 0.647. The van der Waals surface area contributed by atoms with Gasteiger partial charge in [0, 0.05) is 0 Å². The Kier molecular flexibility index (Phi) is 5.70. The Labute approximate surface area is 114 Å². The molecule has 0 aliphatic heterocycles. The van der Waals surface area contributed by atoms with Crippen LogP contribution in [0.1, 0.15) is 57.4 Å². The summed E-state index contributed by atoms with van der Waals surface area (Å²) in [6, 6.07) is 9.43. The molecule has 1 unspecified atom stereocenters. The summed E-state index contributed by atoms with van der Waals surface area (Å²) >= 11 is 0. The Morgan fingerprint density at radius 3 is 2.33 bits per heavy atom. The fourth-order valence-electron chi connectivity index (χ4n) is 2.98. The highest BCUT2D eigenvalue weighted by Crippen LogP contribution is 2.47. The van der Waals surface area contributed by atoms with Gasteiger partial charge in [0.2, 0.25) is 0 Å². The van der Waals surface area contributed by atoms with Gasteiger partial charge in [-0.25, -0.2) is 0 Å². The van der Waals surface area contributed by atoms with Crippen molar-refractivity contribution in [1.29, 1.82) is 0 Å². The molecule has 0 nitrogen and oxygen atoms in total. The minimum absolute atomic E-state index is 0.108. The minimum Gasteiger partial charge on any atom is -0.0721 e. The molecule has 2 rings (SSSR count). The number of unbranched alkanes of at least 4 members (excludes halogenated alkanes) is 1. The van der Waals surface area contributed by atoms with E-state index >= 15 is 0 Å². The molecule has 0 amide bonds. The first-order chi connectivity index (χ1) is 8.81. The van der Waals surface area contributed by atoms with E-state index in [-0.39, 0.29) is 7.92 Å². The first kappa shape index (κ1) is 14.1. The summed E-state index contributed by atoms with van der Waals surface area (Å²) in [5, 5.41) is 1.66. The van der Waals surface area contributed by atoms with Gasteiger partial charge >= 0.3 is 0 Å². The molecule has 0 bridgehead atoms.